The van der Waals surface area contributed by atoms with Gasteiger partial charge < -0.3 is 10.5 Å². The molecular formula is C10H14FNO. The first-order valence-electron chi connectivity index (χ1n) is 4.23. The predicted molar refractivity (Wildman–Crippen MR) is 50.0 cm³/mol. The standard InChI is InChI=1S/C10H14FNO/c1-13-10(7-12)6-8-3-2-4-9(11)5-8/h2-5,10H,6-7,12H2,1H3. The summed E-state index contributed by atoms with van der Waals surface area (Å²) in [5.41, 5.74) is 6.36. The average molecular weight is 183 g/mol. The van der Waals surface area contributed by atoms with Gasteiger partial charge in [-0.3, -0.25) is 0 Å². The number of methoxy groups -OCH3 is 1. The molecule has 0 bridgehead atoms. The third-order valence-electron chi connectivity index (χ3n) is 1.95. The van der Waals surface area contributed by atoms with Gasteiger partial charge in [-0.25, -0.2) is 4.39 Å². The summed E-state index contributed by atoms with van der Waals surface area (Å²) in [6.45, 7) is 0.451. The Morgan fingerprint density at radius 1 is 1.54 bits per heavy atom. The fourth-order valence-electron chi connectivity index (χ4n) is 1.19. The van der Waals surface area contributed by atoms with Gasteiger partial charge in [-0.1, -0.05) is 12.1 Å². The van der Waals surface area contributed by atoms with Crippen LogP contribution in [0.15, 0.2) is 24.3 Å². The third-order valence-corrected chi connectivity index (χ3v) is 1.95. The van der Waals surface area contributed by atoms with Crippen LogP contribution in [0.1, 0.15) is 5.56 Å². The van der Waals surface area contributed by atoms with Gasteiger partial charge in [-0.05, 0) is 24.1 Å². The SMILES string of the molecule is COC(CN)Cc1cccc(F)c1. The van der Waals surface area contributed by atoms with Crippen LogP contribution >= 0.6 is 0 Å². The van der Waals surface area contributed by atoms with Crippen LogP contribution in [0.25, 0.3) is 0 Å². The Balaban J connectivity index is 2.62. The number of halogens is 1. The van der Waals surface area contributed by atoms with Crippen LogP contribution < -0.4 is 5.73 Å². The Bertz CT molecular complexity index is 261. The molecule has 2 N–H and O–H groups in total. The molecule has 1 atom stereocenters. The van der Waals surface area contributed by atoms with E-state index >= 15 is 0 Å². The van der Waals surface area contributed by atoms with Crippen LogP contribution in [0.3, 0.4) is 0 Å². The fourth-order valence-corrected chi connectivity index (χ4v) is 1.19. The van der Waals surface area contributed by atoms with Crippen molar-refractivity contribution in [3.8, 4) is 0 Å². The molecule has 0 spiro atoms. The fraction of sp³-hybridized carbons (Fsp3) is 0.400. The van der Waals surface area contributed by atoms with E-state index in [4.69, 9.17) is 10.5 Å². The zero-order chi connectivity index (χ0) is 9.68. The molecule has 0 aliphatic rings. The van der Waals surface area contributed by atoms with Crippen molar-refractivity contribution in [3.05, 3.63) is 35.6 Å². The third kappa shape index (κ3) is 3.13. The van der Waals surface area contributed by atoms with Gasteiger partial charge in [0, 0.05) is 13.7 Å². The second-order valence-corrected chi connectivity index (χ2v) is 2.93. The first-order valence-corrected chi connectivity index (χ1v) is 4.23. The van der Waals surface area contributed by atoms with Crippen molar-refractivity contribution >= 4 is 0 Å². The maximum atomic E-state index is 12.8. The van der Waals surface area contributed by atoms with Gasteiger partial charge >= 0.3 is 0 Å². The van der Waals surface area contributed by atoms with Crippen molar-refractivity contribution in [2.45, 2.75) is 12.5 Å². The summed E-state index contributed by atoms with van der Waals surface area (Å²) >= 11 is 0. The van der Waals surface area contributed by atoms with E-state index in [-0.39, 0.29) is 11.9 Å². The van der Waals surface area contributed by atoms with Crippen molar-refractivity contribution in [1.82, 2.24) is 0 Å². The summed E-state index contributed by atoms with van der Waals surface area (Å²) < 4.78 is 17.8. The molecular weight excluding hydrogens is 169 g/mol. The number of ether oxygens (including phenoxy) is 1. The summed E-state index contributed by atoms with van der Waals surface area (Å²) in [4.78, 5) is 0. The molecule has 0 aliphatic heterocycles. The molecule has 1 unspecified atom stereocenters. The number of rotatable bonds is 4. The monoisotopic (exact) mass is 183 g/mol. The van der Waals surface area contributed by atoms with Crippen LogP contribution in [-0.2, 0) is 11.2 Å². The number of benzene rings is 1. The Labute approximate surface area is 77.5 Å². The van der Waals surface area contributed by atoms with E-state index in [1.807, 2.05) is 6.07 Å². The van der Waals surface area contributed by atoms with Crippen molar-refractivity contribution < 1.29 is 9.13 Å². The molecule has 0 fully saturated rings. The van der Waals surface area contributed by atoms with Gasteiger partial charge in [0.25, 0.3) is 0 Å². The predicted octanol–water partition coefficient (Wildman–Crippen LogP) is 1.34. The van der Waals surface area contributed by atoms with Crippen LogP contribution in [0.4, 0.5) is 4.39 Å². The van der Waals surface area contributed by atoms with Gasteiger partial charge in [0.1, 0.15) is 5.82 Å². The Hall–Kier alpha value is -0.930. The minimum absolute atomic E-state index is 0.0261. The minimum Gasteiger partial charge on any atom is -0.380 e. The van der Waals surface area contributed by atoms with Crippen molar-refractivity contribution in [3.63, 3.8) is 0 Å². The van der Waals surface area contributed by atoms with Crippen molar-refractivity contribution in [1.29, 1.82) is 0 Å². The van der Waals surface area contributed by atoms with Gasteiger partial charge in [-0.15, -0.1) is 0 Å². The lowest BCUT2D eigenvalue weighted by molar-refractivity contribution is 0.110. The molecule has 1 aromatic carbocycles. The van der Waals surface area contributed by atoms with Crippen LogP contribution in [-0.4, -0.2) is 19.8 Å². The highest BCUT2D eigenvalue weighted by molar-refractivity contribution is 5.17. The minimum atomic E-state index is -0.218. The summed E-state index contributed by atoms with van der Waals surface area (Å²) in [6, 6.07) is 6.48. The molecule has 0 heterocycles. The number of nitrogens with two attached hydrogens (primary N) is 1. The lowest BCUT2D eigenvalue weighted by atomic mass is 10.1. The summed E-state index contributed by atoms with van der Waals surface area (Å²) in [6.07, 6.45) is 0.631. The van der Waals surface area contributed by atoms with E-state index < -0.39 is 0 Å². The molecule has 72 valence electrons. The zero-order valence-corrected chi connectivity index (χ0v) is 7.66. The van der Waals surface area contributed by atoms with E-state index in [9.17, 15) is 4.39 Å². The maximum absolute atomic E-state index is 12.8. The highest BCUT2D eigenvalue weighted by Gasteiger charge is 2.05. The molecule has 13 heavy (non-hydrogen) atoms. The Morgan fingerprint density at radius 3 is 2.85 bits per heavy atom. The number of hydrogen-bond acceptors (Lipinski definition) is 2. The highest BCUT2D eigenvalue weighted by Crippen LogP contribution is 2.07. The molecule has 0 aliphatic carbocycles. The summed E-state index contributed by atoms with van der Waals surface area (Å²) in [5.74, 6) is -0.218. The second-order valence-electron chi connectivity index (χ2n) is 2.93. The molecule has 2 nitrogen and oxygen atoms in total. The second kappa shape index (κ2) is 4.94. The van der Waals surface area contributed by atoms with Gasteiger partial charge in [-0.2, -0.15) is 0 Å². The molecule has 0 radical (unpaired) electrons. The normalized spacial score (nSPS) is 12.8. The highest BCUT2D eigenvalue weighted by atomic mass is 19.1. The van der Waals surface area contributed by atoms with Gasteiger partial charge in [0.05, 0.1) is 6.10 Å². The lowest BCUT2D eigenvalue weighted by Gasteiger charge is -2.12. The quantitative estimate of drug-likeness (QED) is 0.764. The largest absolute Gasteiger partial charge is 0.380 e. The van der Waals surface area contributed by atoms with E-state index in [0.717, 1.165) is 5.56 Å². The average Bonchev–Trinajstić information content (AvgIpc) is 2.14. The van der Waals surface area contributed by atoms with Gasteiger partial charge in [0.2, 0.25) is 0 Å². The number of hydrogen-bond donors (Lipinski definition) is 1. The van der Waals surface area contributed by atoms with Crippen LogP contribution in [0.5, 0.6) is 0 Å². The molecule has 1 aromatic rings. The molecule has 0 saturated heterocycles. The van der Waals surface area contributed by atoms with E-state index in [0.29, 0.717) is 13.0 Å². The van der Waals surface area contributed by atoms with Crippen LogP contribution in [0, 0.1) is 5.82 Å². The van der Waals surface area contributed by atoms with Gasteiger partial charge in [0.15, 0.2) is 0 Å². The van der Waals surface area contributed by atoms with E-state index in [2.05, 4.69) is 0 Å². The molecule has 3 heteroatoms. The van der Waals surface area contributed by atoms with E-state index in [1.54, 1.807) is 13.2 Å². The first kappa shape index (κ1) is 10.2. The van der Waals surface area contributed by atoms with Crippen molar-refractivity contribution in [2.75, 3.05) is 13.7 Å². The zero-order valence-electron chi connectivity index (χ0n) is 7.66. The Morgan fingerprint density at radius 2 is 2.31 bits per heavy atom. The Kier molecular flexibility index (Phi) is 3.86. The first-order chi connectivity index (χ1) is 6.26. The molecule has 1 rings (SSSR count). The topological polar surface area (TPSA) is 35.2 Å². The summed E-state index contributed by atoms with van der Waals surface area (Å²) in [5, 5.41) is 0. The molecule has 0 amide bonds. The lowest BCUT2D eigenvalue weighted by Crippen LogP contribution is -2.24. The van der Waals surface area contributed by atoms with Crippen molar-refractivity contribution in [2.24, 2.45) is 5.73 Å². The van der Waals surface area contributed by atoms with E-state index in [1.165, 1.54) is 12.1 Å². The molecule has 0 aromatic heterocycles. The van der Waals surface area contributed by atoms with Crippen LogP contribution in [0.2, 0.25) is 0 Å². The molecule has 0 saturated carbocycles. The summed E-state index contributed by atoms with van der Waals surface area (Å²) in [7, 11) is 1.61. The smallest absolute Gasteiger partial charge is 0.123 e. The maximum Gasteiger partial charge on any atom is 0.123 e.